The van der Waals surface area contributed by atoms with Crippen molar-refractivity contribution >= 4 is 0 Å². The Labute approximate surface area is 184 Å². The number of rotatable bonds is 4. The van der Waals surface area contributed by atoms with Crippen molar-refractivity contribution in [2.24, 2.45) is 0 Å². The standard InChI is InChI=1S/C23H16F4N4/c1-23(2,17-7-3-5-15(28-17)13-9-11-19(24)30-21(13)26)18-8-4-6-16(29-18)14-10-12-20(25)31-22(14)27/h3-12H,1-2H3/i1D3,2D3. The highest BCUT2D eigenvalue weighted by Crippen LogP contribution is 2.32. The first-order valence-electron chi connectivity index (χ1n) is 11.9. The van der Waals surface area contributed by atoms with Crippen molar-refractivity contribution in [3.05, 3.63) is 95.8 Å². The van der Waals surface area contributed by atoms with Gasteiger partial charge in [0, 0.05) is 13.6 Å². The van der Waals surface area contributed by atoms with E-state index >= 15 is 0 Å². The first kappa shape index (κ1) is 14.3. The Morgan fingerprint density at radius 1 is 0.613 bits per heavy atom. The van der Waals surface area contributed by atoms with E-state index in [-0.39, 0.29) is 22.5 Å². The summed E-state index contributed by atoms with van der Waals surface area (Å²) in [5, 5.41) is 0. The SMILES string of the molecule is [2H]C([2H])([2H])C(c1cccc(-c2ccc(F)nc2F)n1)(c1cccc(-c2ccc(F)nc2F)n1)C([2H])([2H])[2H]. The Bertz CT molecular complexity index is 1370. The summed E-state index contributed by atoms with van der Waals surface area (Å²) in [6, 6.07) is 11.1. The lowest BCUT2D eigenvalue weighted by molar-refractivity contribution is 0.514. The fourth-order valence-electron chi connectivity index (χ4n) is 2.92. The van der Waals surface area contributed by atoms with Gasteiger partial charge in [-0.2, -0.15) is 27.5 Å². The van der Waals surface area contributed by atoms with Crippen LogP contribution >= 0.6 is 0 Å². The van der Waals surface area contributed by atoms with E-state index in [9.17, 15) is 17.6 Å². The second kappa shape index (κ2) is 7.86. The average Bonchev–Trinajstić information content (AvgIpc) is 2.78. The Morgan fingerprint density at radius 3 is 1.45 bits per heavy atom. The first-order valence-corrected chi connectivity index (χ1v) is 8.85. The van der Waals surface area contributed by atoms with Crippen molar-refractivity contribution in [3.63, 3.8) is 0 Å². The second-order valence-electron chi connectivity index (χ2n) is 6.51. The largest absolute Gasteiger partial charge is 0.252 e. The summed E-state index contributed by atoms with van der Waals surface area (Å²) in [7, 11) is 0. The molecule has 0 saturated heterocycles. The Morgan fingerprint density at radius 2 is 1.06 bits per heavy atom. The molecule has 4 rings (SSSR count). The van der Waals surface area contributed by atoms with E-state index in [4.69, 9.17) is 8.22 Å². The fourth-order valence-corrected chi connectivity index (χ4v) is 2.92. The highest BCUT2D eigenvalue weighted by molar-refractivity contribution is 5.60. The third-order valence-electron chi connectivity index (χ3n) is 4.45. The van der Waals surface area contributed by atoms with Gasteiger partial charge in [0.1, 0.15) is 0 Å². The Kier molecular flexibility index (Phi) is 3.64. The summed E-state index contributed by atoms with van der Waals surface area (Å²) in [5.74, 6) is -4.67. The number of aromatic nitrogens is 4. The summed E-state index contributed by atoms with van der Waals surface area (Å²) in [4.78, 5) is 14.5. The zero-order valence-electron chi connectivity index (χ0n) is 21.6. The van der Waals surface area contributed by atoms with Crippen LogP contribution in [0.3, 0.4) is 0 Å². The molecule has 0 radical (unpaired) electrons. The van der Waals surface area contributed by atoms with Crippen LogP contribution in [0.15, 0.2) is 60.7 Å². The van der Waals surface area contributed by atoms with E-state index in [2.05, 4.69) is 19.9 Å². The molecule has 0 amide bonds. The van der Waals surface area contributed by atoms with Gasteiger partial charge in [-0.1, -0.05) is 12.1 Å². The molecule has 4 nitrogen and oxygen atoms in total. The minimum atomic E-state index is -3.31. The first-order chi connectivity index (χ1) is 17.3. The molecule has 4 aromatic heterocycles. The second-order valence-corrected chi connectivity index (χ2v) is 6.51. The predicted molar refractivity (Wildman–Crippen MR) is 107 cm³/mol. The van der Waals surface area contributed by atoms with Crippen LogP contribution in [0.4, 0.5) is 17.6 Å². The molecular weight excluding hydrogens is 408 g/mol. The van der Waals surface area contributed by atoms with Crippen LogP contribution in [0.5, 0.6) is 0 Å². The third kappa shape index (κ3) is 4.01. The highest BCUT2D eigenvalue weighted by Gasteiger charge is 2.27. The zero-order valence-corrected chi connectivity index (χ0v) is 15.6. The third-order valence-corrected chi connectivity index (χ3v) is 4.45. The molecule has 0 aliphatic carbocycles. The molecule has 4 heterocycles. The van der Waals surface area contributed by atoms with Crippen LogP contribution in [-0.2, 0) is 5.41 Å². The maximum Gasteiger partial charge on any atom is 0.224 e. The molecule has 4 aromatic rings. The lowest BCUT2D eigenvalue weighted by atomic mass is 9.84. The van der Waals surface area contributed by atoms with Crippen LogP contribution in [-0.4, -0.2) is 19.9 Å². The zero-order chi connectivity index (χ0) is 27.2. The summed E-state index contributed by atoms with van der Waals surface area (Å²) in [6.45, 7) is -6.62. The van der Waals surface area contributed by atoms with E-state index in [0.717, 1.165) is 36.4 Å². The van der Waals surface area contributed by atoms with Gasteiger partial charge in [0.25, 0.3) is 0 Å². The van der Waals surface area contributed by atoms with Gasteiger partial charge < -0.3 is 0 Å². The number of pyridine rings is 4. The van der Waals surface area contributed by atoms with Crippen molar-refractivity contribution in [3.8, 4) is 22.5 Å². The van der Waals surface area contributed by atoms with Gasteiger partial charge in [-0.15, -0.1) is 0 Å². The van der Waals surface area contributed by atoms with Crippen LogP contribution in [0, 0.1) is 23.8 Å². The topological polar surface area (TPSA) is 51.6 Å². The fraction of sp³-hybridized carbons (Fsp3) is 0.130. The van der Waals surface area contributed by atoms with Gasteiger partial charge in [-0.05, 0) is 62.2 Å². The number of nitrogens with zero attached hydrogens (tertiary/aromatic N) is 4. The van der Waals surface area contributed by atoms with E-state index in [1.165, 1.54) is 24.3 Å². The lowest BCUT2D eigenvalue weighted by Gasteiger charge is -2.24. The average molecular weight is 430 g/mol. The molecule has 0 unspecified atom stereocenters. The van der Waals surface area contributed by atoms with Gasteiger partial charge in [0.15, 0.2) is 0 Å². The van der Waals surface area contributed by atoms with Crippen LogP contribution in [0.1, 0.15) is 33.3 Å². The van der Waals surface area contributed by atoms with Gasteiger partial charge in [-0.25, -0.2) is 0 Å². The molecule has 156 valence electrons. The van der Waals surface area contributed by atoms with Crippen molar-refractivity contribution in [1.82, 2.24) is 19.9 Å². The molecule has 0 spiro atoms. The summed E-state index contributed by atoms with van der Waals surface area (Å²) in [5.41, 5.74) is -4.91. The lowest BCUT2D eigenvalue weighted by Crippen LogP contribution is -2.22. The molecule has 0 atom stereocenters. The minimum Gasteiger partial charge on any atom is -0.252 e. The smallest absolute Gasteiger partial charge is 0.224 e. The maximum absolute atomic E-state index is 14.4. The molecule has 0 aliphatic heterocycles. The van der Waals surface area contributed by atoms with Gasteiger partial charge in [0.05, 0.1) is 33.9 Å². The molecule has 0 fully saturated rings. The molecule has 0 N–H and O–H groups in total. The molecule has 0 bridgehead atoms. The summed E-state index contributed by atoms with van der Waals surface area (Å²) < 4.78 is 105. The monoisotopic (exact) mass is 430 g/mol. The Balaban J connectivity index is 2.01. The van der Waals surface area contributed by atoms with Crippen molar-refractivity contribution < 1.29 is 25.8 Å². The maximum atomic E-state index is 14.4. The van der Waals surface area contributed by atoms with E-state index in [1.807, 2.05) is 0 Å². The molecular formula is C23H16F4N4. The van der Waals surface area contributed by atoms with E-state index in [1.54, 1.807) is 0 Å². The number of halogens is 4. The molecule has 8 heteroatoms. The van der Waals surface area contributed by atoms with Crippen LogP contribution in [0.25, 0.3) is 22.5 Å². The predicted octanol–water partition coefficient (Wildman–Crippen LogP) is 5.48. The van der Waals surface area contributed by atoms with Crippen molar-refractivity contribution in [2.75, 3.05) is 0 Å². The molecule has 31 heavy (non-hydrogen) atoms. The van der Waals surface area contributed by atoms with Gasteiger partial charge >= 0.3 is 0 Å². The highest BCUT2D eigenvalue weighted by atomic mass is 19.1. The van der Waals surface area contributed by atoms with Crippen LogP contribution in [0.2, 0.25) is 0 Å². The van der Waals surface area contributed by atoms with Gasteiger partial charge in [-0.3, -0.25) is 9.97 Å². The minimum absolute atomic E-state index is 0.203. The summed E-state index contributed by atoms with van der Waals surface area (Å²) >= 11 is 0. The molecule has 0 aromatic carbocycles. The van der Waals surface area contributed by atoms with E-state index < -0.39 is 54.3 Å². The van der Waals surface area contributed by atoms with Gasteiger partial charge in [0.2, 0.25) is 23.8 Å². The van der Waals surface area contributed by atoms with Crippen molar-refractivity contribution in [1.29, 1.82) is 0 Å². The molecule has 0 aliphatic rings. The van der Waals surface area contributed by atoms with E-state index in [0.29, 0.717) is 0 Å². The number of hydrogen-bond donors (Lipinski definition) is 0. The number of hydrogen-bond acceptors (Lipinski definition) is 4. The Hall–Kier alpha value is -3.68. The summed E-state index contributed by atoms with van der Waals surface area (Å²) in [6.07, 6.45) is 0. The normalized spacial score (nSPS) is 15.2. The quantitative estimate of drug-likeness (QED) is 0.318. The van der Waals surface area contributed by atoms with Crippen LogP contribution < -0.4 is 0 Å². The molecule has 0 saturated carbocycles. The van der Waals surface area contributed by atoms with Crippen molar-refractivity contribution in [2.45, 2.75) is 19.1 Å².